The molecule has 0 saturated heterocycles. The minimum atomic E-state index is -3.58. The van der Waals surface area contributed by atoms with Crippen LogP contribution in [0.25, 0.3) is 11.3 Å². The number of hydrogen-bond donors (Lipinski definition) is 2. The zero-order valence-corrected chi connectivity index (χ0v) is 16.3. The number of aromatic nitrogens is 2. The van der Waals surface area contributed by atoms with Gasteiger partial charge in [-0.15, -0.1) is 0 Å². The van der Waals surface area contributed by atoms with Gasteiger partial charge in [0.25, 0.3) is 0 Å². The summed E-state index contributed by atoms with van der Waals surface area (Å²) in [6.45, 7) is 0. The van der Waals surface area contributed by atoms with Gasteiger partial charge in [-0.3, -0.25) is 0 Å². The molecule has 136 valence electrons. The van der Waals surface area contributed by atoms with Gasteiger partial charge < -0.3 is 9.88 Å². The number of imidazole rings is 1. The summed E-state index contributed by atoms with van der Waals surface area (Å²) in [7, 11) is -0.367. The van der Waals surface area contributed by atoms with Crippen molar-refractivity contribution in [1.29, 1.82) is 0 Å². The highest BCUT2D eigenvalue weighted by atomic mass is 35.5. The highest BCUT2D eigenvalue weighted by molar-refractivity contribution is 7.89. The first kappa shape index (κ1) is 18.7. The Morgan fingerprint density at radius 3 is 2.35 bits per heavy atom. The summed E-state index contributed by atoms with van der Waals surface area (Å²) in [5.41, 5.74) is 2.63. The summed E-state index contributed by atoms with van der Waals surface area (Å²) >= 11 is 12.1. The molecule has 0 radical (unpaired) electrons. The molecule has 0 aliphatic carbocycles. The Balaban J connectivity index is 2.12. The van der Waals surface area contributed by atoms with E-state index >= 15 is 0 Å². The lowest BCUT2D eigenvalue weighted by atomic mass is 10.1. The van der Waals surface area contributed by atoms with Crippen molar-refractivity contribution in [3.05, 3.63) is 59.0 Å². The molecule has 1 aromatic heterocycles. The number of anilines is 2. The van der Waals surface area contributed by atoms with Crippen LogP contribution in [-0.4, -0.2) is 25.0 Å². The summed E-state index contributed by atoms with van der Waals surface area (Å²) in [4.78, 5) is 4.48. The molecule has 1 heterocycles. The highest BCUT2D eigenvalue weighted by Gasteiger charge is 2.16. The predicted molar refractivity (Wildman–Crippen MR) is 105 cm³/mol. The van der Waals surface area contributed by atoms with E-state index in [0.717, 1.165) is 0 Å². The van der Waals surface area contributed by atoms with Crippen molar-refractivity contribution in [2.45, 2.75) is 4.90 Å². The van der Waals surface area contributed by atoms with E-state index in [1.807, 2.05) is 7.05 Å². The van der Waals surface area contributed by atoms with Gasteiger partial charge in [0, 0.05) is 40.2 Å². The van der Waals surface area contributed by atoms with Gasteiger partial charge in [0.15, 0.2) is 0 Å². The van der Waals surface area contributed by atoms with Gasteiger partial charge in [0.1, 0.15) is 0 Å². The number of nitrogens with zero attached hydrogens (tertiary/aromatic N) is 2. The second-order valence-electron chi connectivity index (χ2n) is 5.62. The number of nitrogens with one attached hydrogen (secondary N) is 2. The number of hydrogen-bond acceptors (Lipinski definition) is 4. The van der Waals surface area contributed by atoms with Crippen LogP contribution in [0.2, 0.25) is 10.0 Å². The normalized spacial score (nSPS) is 11.5. The number of benzene rings is 2. The van der Waals surface area contributed by atoms with Crippen molar-refractivity contribution in [1.82, 2.24) is 14.3 Å². The first-order valence-electron chi connectivity index (χ1n) is 7.57. The Hall–Kier alpha value is -2.06. The summed E-state index contributed by atoms with van der Waals surface area (Å²) in [5, 5.41) is 4.21. The molecule has 0 aliphatic rings. The molecule has 0 amide bonds. The Labute approximate surface area is 161 Å². The van der Waals surface area contributed by atoms with Crippen molar-refractivity contribution in [2.75, 3.05) is 12.4 Å². The molecular formula is C17H16Cl2N4O2S. The monoisotopic (exact) mass is 410 g/mol. The molecule has 0 saturated carbocycles. The molecule has 0 fully saturated rings. The average molecular weight is 411 g/mol. The summed E-state index contributed by atoms with van der Waals surface area (Å²) < 4.78 is 28.4. The Morgan fingerprint density at radius 1 is 1.08 bits per heavy atom. The molecule has 0 bridgehead atoms. The fraction of sp³-hybridized carbons (Fsp3) is 0.118. The number of halogens is 2. The molecule has 2 N–H and O–H groups in total. The largest absolute Gasteiger partial charge is 0.355 e. The lowest BCUT2D eigenvalue weighted by molar-refractivity contribution is 0.588. The Morgan fingerprint density at radius 2 is 1.77 bits per heavy atom. The van der Waals surface area contributed by atoms with Crippen LogP contribution in [0.3, 0.4) is 0 Å². The van der Waals surface area contributed by atoms with Crippen LogP contribution < -0.4 is 10.0 Å². The van der Waals surface area contributed by atoms with Crippen LogP contribution >= 0.6 is 23.2 Å². The van der Waals surface area contributed by atoms with E-state index in [1.54, 1.807) is 47.4 Å². The molecule has 26 heavy (non-hydrogen) atoms. The molecule has 0 atom stereocenters. The van der Waals surface area contributed by atoms with E-state index in [1.165, 1.54) is 13.1 Å². The maximum absolute atomic E-state index is 12.2. The van der Waals surface area contributed by atoms with E-state index < -0.39 is 10.0 Å². The first-order valence-corrected chi connectivity index (χ1v) is 9.81. The van der Waals surface area contributed by atoms with Crippen LogP contribution in [0.4, 0.5) is 11.4 Å². The number of sulfonamides is 1. The fourth-order valence-electron chi connectivity index (χ4n) is 2.46. The lowest BCUT2D eigenvalue weighted by Gasteiger charge is -2.13. The Kier molecular flexibility index (Phi) is 5.24. The maximum Gasteiger partial charge on any atom is 0.240 e. The van der Waals surface area contributed by atoms with Gasteiger partial charge in [-0.2, -0.15) is 0 Å². The SMILES string of the molecule is CNS(=O)(=O)c1ccc(Nc2cc(Cl)cc(Cl)c2)c(-c2cn(C)cn2)c1. The smallest absolute Gasteiger partial charge is 0.240 e. The molecule has 9 heteroatoms. The van der Waals surface area contributed by atoms with Crippen LogP contribution in [0.1, 0.15) is 0 Å². The van der Waals surface area contributed by atoms with Crippen molar-refractivity contribution in [3.63, 3.8) is 0 Å². The van der Waals surface area contributed by atoms with E-state index in [0.29, 0.717) is 32.7 Å². The highest BCUT2D eigenvalue weighted by Crippen LogP contribution is 2.33. The maximum atomic E-state index is 12.2. The first-order chi connectivity index (χ1) is 12.3. The lowest BCUT2D eigenvalue weighted by Crippen LogP contribution is -2.18. The van der Waals surface area contributed by atoms with E-state index in [2.05, 4.69) is 15.0 Å². The van der Waals surface area contributed by atoms with Gasteiger partial charge >= 0.3 is 0 Å². The van der Waals surface area contributed by atoms with Crippen molar-refractivity contribution in [2.24, 2.45) is 7.05 Å². The molecule has 2 aromatic carbocycles. The van der Waals surface area contributed by atoms with E-state index in [4.69, 9.17) is 23.2 Å². The van der Waals surface area contributed by atoms with Gasteiger partial charge in [0.05, 0.1) is 16.9 Å². The quantitative estimate of drug-likeness (QED) is 0.664. The molecular weight excluding hydrogens is 395 g/mol. The van der Waals surface area contributed by atoms with E-state index in [-0.39, 0.29) is 4.90 Å². The zero-order valence-electron chi connectivity index (χ0n) is 14.0. The summed E-state index contributed by atoms with van der Waals surface area (Å²) in [5.74, 6) is 0. The van der Waals surface area contributed by atoms with Crippen LogP contribution in [0.5, 0.6) is 0 Å². The third kappa shape index (κ3) is 4.02. The number of aryl methyl sites for hydroxylation is 1. The predicted octanol–water partition coefficient (Wildman–Crippen LogP) is 4.05. The van der Waals surface area contributed by atoms with Crippen LogP contribution in [0, 0.1) is 0 Å². The van der Waals surface area contributed by atoms with Crippen molar-refractivity contribution >= 4 is 44.6 Å². The standard InChI is InChI=1S/C17H16Cl2N4O2S/c1-20-26(24,25)14-3-4-16(15(8-14)17-9-23(2)10-21-17)22-13-6-11(18)5-12(19)7-13/h3-10,20,22H,1-2H3. The average Bonchev–Trinajstić information content (AvgIpc) is 3.00. The van der Waals surface area contributed by atoms with Crippen molar-refractivity contribution < 1.29 is 8.42 Å². The number of rotatable bonds is 5. The Bertz CT molecular complexity index is 1040. The van der Waals surface area contributed by atoms with Crippen LogP contribution in [-0.2, 0) is 17.1 Å². The molecule has 0 aliphatic heterocycles. The van der Waals surface area contributed by atoms with Gasteiger partial charge in [-0.1, -0.05) is 23.2 Å². The molecule has 0 spiro atoms. The fourth-order valence-corrected chi connectivity index (χ4v) is 3.74. The van der Waals surface area contributed by atoms with Gasteiger partial charge in [-0.25, -0.2) is 18.1 Å². The van der Waals surface area contributed by atoms with Gasteiger partial charge in [0.2, 0.25) is 10.0 Å². The molecule has 0 unspecified atom stereocenters. The zero-order chi connectivity index (χ0) is 18.9. The summed E-state index contributed by atoms with van der Waals surface area (Å²) in [6.07, 6.45) is 3.45. The van der Waals surface area contributed by atoms with Crippen molar-refractivity contribution in [3.8, 4) is 11.3 Å². The molecule has 6 nitrogen and oxygen atoms in total. The van der Waals surface area contributed by atoms with E-state index in [9.17, 15) is 8.42 Å². The second-order valence-corrected chi connectivity index (χ2v) is 8.38. The summed E-state index contributed by atoms with van der Waals surface area (Å²) in [6, 6.07) is 9.87. The van der Waals surface area contributed by atoms with Gasteiger partial charge in [-0.05, 0) is 43.4 Å². The topological polar surface area (TPSA) is 76.0 Å². The molecule has 3 aromatic rings. The minimum Gasteiger partial charge on any atom is -0.355 e. The van der Waals surface area contributed by atoms with Crippen LogP contribution in [0.15, 0.2) is 53.8 Å². The third-order valence-corrected chi connectivity index (χ3v) is 5.54. The minimum absolute atomic E-state index is 0.148. The third-order valence-electron chi connectivity index (χ3n) is 3.69. The second kappa shape index (κ2) is 7.28. The molecule has 3 rings (SSSR count).